The van der Waals surface area contributed by atoms with Crippen molar-refractivity contribution in [3.8, 4) is 0 Å². The maximum Gasteiger partial charge on any atom is 0.317 e. The van der Waals surface area contributed by atoms with E-state index in [1.165, 1.54) is 12.0 Å². The summed E-state index contributed by atoms with van der Waals surface area (Å²) in [6.07, 6.45) is 10.3. The fourth-order valence-corrected chi connectivity index (χ4v) is 6.32. The number of allylic oxidation sites excluding steroid dienone is 1. The molecule has 1 N–H and O–H groups in total. The highest BCUT2D eigenvalue weighted by Gasteiger charge is 2.55. The zero-order chi connectivity index (χ0) is 22.3. The molecule has 2 atom stereocenters. The van der Waals surface area contributed by atoms with Crippen molar-refractivity contribution in [3.05, 3.63) is 11.6 Å². The van der Waals surface area contributed by atoms with Crippen LogP contribution in [-0.4, -0.2) is 92.3 Å². The van der Waals surface area contributed by atoms with Gasteiger partial charge in [0.25, 0.3) is 0 Å². The number of rotatable bonds is 4. The second kappa shape index (κ2) is 8.47. The van der Waals surface area contributed by atoms with Gasteiger partial charge in [0.1, 0.15) is 0 Å². The molecule has 4 heterocycles. The molecule has 7 heteroatoms. The van der Waals surface area contributed by atoms with Gasteiger partial charge in [-0.15, -0.1) is 0 Å². The van der Waals surface area contributed by atoms with Crippen LogP contribution in [-0.2, 0) is 4.79 Å². The maximum atomic E-state index is 13.0. The minimum absolute atomic E-state index is 0.0707. The van der Waals surface area contributed by atoms with Crippen molar-refractivity contribution in [3.63, 3.8) is 0 Å². The maximum absolute atomic E-state index is 13.0. The molecule has 1 aliphatic carbocycles. The van der Waals surface area contributed by atoms with Gasteiger partial charge >= 0.3 is 6.03 Å². The van der Waals surface area contributed by atoms with Gasteiger partial charge in [0.05, 0.1) is 0 Å². The first-order valence-electron chi connectivity index (χ1n) is 12.5. The van der Waals surface area contributed by atoms with Crippen molar-refractivity contribution < 1.29 is 9.59 Å². The number of aliphatic imine (C=N–C) groups is 1. The summed E-state index contributed by atoms with van der Waals surface area (Å²) in [4.78, 5) is 36.4. The van der Waals surface area contributed by atoms with Gasteiger partial charge in [-0.25, -0.2) is 4.79 Å². The van der Waals surface area contributed by atoms with Gasteiger partial charge < -0.3 is 20.0 Å². The minimum Gasteiger partial charge on any atom is -0.343 e. The van der Waals surface area contributed by atoms with Crippen molar-refractivity contribution in [1.82, 2.24) is 20.0 Å². The molecular formula is C25H39N5O2. The van der Waals surface area contributed by atoms with Gasteiger partial charge in [-0.2, -0.15) is 0 Å². The zero-order valence-corrected chi connectivity index (χ0v) is 19.8. The molecule has 0 radical (unpaired) electrons. The normalized spacial score (nSPS) is 30.8. The molecular weight excluding hydrogens is 402 g/mol. The Hall–Kier alpha value is -1.89. The van der Waals surface area contributed by atoms with Gasteiger partial charge in [0.15, 0.2) is 0 Å². The number of hydrogen-bond donors (Lipinski definition) is 1. The van der Waals surface area contributed by atoms with Crippen LogP contribution in [0.3, 0.4) is 0 Å². The lowest BCUT2D eigenvalue weighted by atomic mass is 9.77. The molecule has 1 saturated carbocycles. The Kier molecular flexibility index (Phi) is 5.81. The molecule has 2 unspecified atom stereocenters. The largest absolute Gasteiger partial charge is 0.343 e. The second-order valence-corrected chi connectivity index (χ2v) is 11.5. The lowest BCUT2D eigenvalue weighted by Crippen LogP contribution is -2.44. The van der Waals surface area contributed by atoms with Crippen molar-refractivity contribution in [2.45, 2.75) is 45.4 Å². The highest BCUT2D eigenvalue weighted by Crippen LogP contribution is 2.59. The quantitative estimate of drug-likeness (QED) is 0.728. The summed E-state index contributed by atoms with van der Waals surface area (Å²) in [6.45, 7) is 9.39. The van der Waals surface area contributed by atoms with E-state index < -0.39 is 0 Å². The third-order valence-corrected chi connectivity index (χ3v) is 9.09. The Labute approximate surface area is 192 Å². The SMILES string of the molecule is CN1CCC(C)(CC(=O)N2CCC3(CC2)CC3CNC(=O)N2CC3=CC=NCC3C2)CC1. The van der Waals surface area contributed by atoms with Crippen molar-refractivity contribution >= 4 is 18.2 Å². The van der Waals surface area contributed by atoms with Crippen LogP contribution in [0.5, 0.6) is 0 Å². The summed E-state index contributed by atoms with van der Waals surface area (Å²) in [6, 6.07) is 0.0707. The van der Waals surface area contributed by atoms with Crippen LogP contribution in [0.25, 0.3) is 0 Å². The van der Waals surface area contributed by atoms with E-state index >= 15 is 0 Å². The van der Waals surface area contributed by atoms with E-state index in [9.17, 15) is 9.59 Å². The molecule has 0 aromatic rings. The Bertz CT molecular complexity index is 805. The first-order valence-corrected chi connectivity index (χ1v) is 12.5. The number of amides is 3. The summed E-state index contributed by atoms with van der Waals surface area (Å²) in [5, 5.41) is 3.20. The Morgan fingerprint density at radius 1 is 1.12 bits per heavy atom. The van der Waals surface area contributed by atoms with E-state index in [0.717, 1.165) is 78.0 Å². The molecule has 0 aromatic heterocycles. The average molecular weight is 442 g/mol. The number of dihydropyridines is 1. The van der Waals surface area contributed by atoms with Crippen LogP contribution in [0.2, 0.25) is 0 Å². The number of carbonyl (C=O) groups is 2. The van der Waals surface area contributed by atoms with Crippen molar-refractivity contribution in [1.29, 1.82) is 0 Å². The van der Waals surface area contributed by atoms with E-state index in [-0.39, 0.29) is 11.4 Å². The predicted molar refractivity (Wildman–Crippen MR) is 126 cm³/mol. The third-order valence-electron chi connectivity index (χ3n) is 9.09. The number of likely N-dealkylation sites (tertiary alicyclic amines) is 3. The molecule has 5 aliphatic rings. The standard InChI is InChI=1S/C25H39N5O2/c1-24(4-9-28(2)10-5-24)14-22(31)29-11-6-25(7-12-29)13-21(25)16-27-23(32)30-17-19-3-8-26-15-20(19)18-30/h3,8,20-21H,4-7,9-18H2,1-2H3,(H,27,32). The molecule has 3 saturated heterocycles. The third kappa shape index (κ3) is 4.45. The average Bonchev–Trinajstić information content (AvgIpc) is 3.26. The molecule has 4 fully saturated rings. The number of carbonyl (C=O) groups excluding carboxylic acids is 2. The summed E-state index contributed by atoms with van der Waals surface area (Å²) >= 11 is 0. The number of hydrogen-bond acceptors (Lipinski definition) is 4. The zero-order valence-electron chi connectivity index (χ0n) is 19.8. The smallest absolute Gasteiger partial charge is 0.317 e. The van der Waals surface area contributed by atoms with E-state index in [4.69, 9.17) is 0 Å². The van der Waals surface area contributed by atoms with Crippen LogP contribution in [0.1, 0.15) is 45.4 Å². The molecule has 176 valence electrons. The van der Waals surface area contributed by atoms with Crippen molar-refractivity contribution in [2.24, 2.45) is 27.7 Å². The fraction of sp³-hybridized carbons (Fsp3) is 0.800. The van der Waals surface area contributed by atoms with Gasteiger partial charge in [-0.1, -0.05) is 6.92 Å². The molecule has 0 bridgehead atoms. The number of piperidine rings is 2. The van der Waals surface area contributed by atoms with Gasteiger partial charge in [-0.3, -0.25) is 9.79 Å². The van der Waals surface area contributed by atoms with E-state index in [1.54, 1.807) is 0 Å². The monoisotopic (exact) mass is 441 g/mol. The number of fused-ring (bicyclic) bond motifs is 1. The molecule has 3 amide bonds. The van der Waals surface area contributed by atoms with Crippen molar-refractivity contribution in [2.75, 3.05) is 59.4 Å². The van der Waals surface area contributed by atoms with Crippen LogP contribution >= 0.6 is 0 Å². The molecule has 0 aromatic carbocycles. The van der Waals surface area contributed by atoms with Gasteiger partial charge in [0, 0.05) is 57.8 Å². The lowest BCUT2D eigenvalue weighted by Gasteiger charge is -2.40. The topological polar surface area (TPSA) is 68.2 Å². The van der Waals surface area contributed by atoms with Crippen LogP contribution in [0, 0.1) is 22.7 Å². The van der Waals surface area contributed by atoms with E-state index in [1.807, 2.05) is 11.1 Å². The molecule has 1 spiro atoms. The molecule has 32 heavy (non-hydrogen) atoms. The lowest BCUT2D eigenvalue weighted by molar-refractivity contribution is -0.135. The number of nitrogens with one attached hydrogen (secondary N) is 1. The summed E-state index contributed by atoms with van der Waals surface area (Å²) in [5.74, 6) is 1.34. The number of nitrogens with zero attached hydrogens (tertiary/aromatic N) is 4. The Morgan fingerprint density at radius 2 is 1.88 bits per heavy atom. The highest BCUT2D eigenvalue weighted by molar-refractivity contribution is 5.78. The van der Waals surface area contributed by atoms with Crippen LogP contribution in [0.15, 0.2) is 16.6 Å². The summed E-state index contributed by atoms with van der Waals surface area (Å²) in [5.41, 5.74) is 1.86. The molecule has 5 rings (SSSR count). The molecule has 4 aliphatic heterocycles. The van der Waals surface area contributed by atoms with E-state index in [2.05, 4.69) is 40.2 Å². The predicted octanol–water partition coefficient (Wildman–Crippen LogP) is 2.39. The first-order chi connectivity index (χ1) is 15.4. The Balaban J connectivity index is 1.04. The summed E-state index contributed by atoms with van der Waals surface area (Å²) in [7, 11) is 2.17. The van der Waals surface area contributed by atoms with Crippen LogP contribution < -0.4 is 5.32 Å². The number of urea groups is 1. The second-order valence-electron chi connectivity index (χ2n) is 11.5. The van der Waals surface area contributed by atoms with Gasteiger partial charge in [-0.05, 0) is 80.6 Å². The molecule has 7 nitrogen and oxygen atoms in total. The minimum atomic E-state index is 0.0707. The van der Waals surface area contributed by atoms with Crippen LogP contribution in [0.4, 0.5) is 4.79 Å². The Morgan fingerprint density at radius 3 is 2.59 bits per heavy atom. The highest BCUT2D eigenvalue weighted by atomic mass is 16.2. The fourth-order valence-electron chi connectivity index (χ4n) is 6.32. The van der Waals surface area contributed by atoms with E-state index in [0.29, 0.717) is 29.6 Å². The van der Waals surface area contributed by atoms with Gasteiger partial charge in [0.2, 0.25) is 5.91 Å². The summed E-state index contributed by atoms with van der Waals surface area (Å²) < 4.78 is 0. The first kappa shape index (κ1) is 21.9.